The molecule has 0 heterocycles. The summed E-state index contributed by atoms with van der Waals surface area (Å²) in [7, 11) is -0.231. The highest BCUT2D eigenvalue weighted by molar-refractivity contribution is 8.16. The minimum absolute atomic E-state index is 0.231. The molecule has 0 radical (unpaired) electrons. The molecule has 4 nitrogen and oxygen atoms in total. The van der Waals surface area contributed by atoms with Gasteiger partial charge >= 0.3 is 5.97 Å². The number of carboxylic acid groups (broad SMARTS) is 1. The summed E-state index contributed by atoms with van der Waals surface area (Å²) in [5.74, 6) is -0.989. The second-order valence-electron chi connectivity index (χ2n) is 4.98. The van der Waals surface area contributed by atoms with Gasteiger partial charge in [-0.2, -0.15) is 0 Å². The molecule has 23 heavy (non-hydrogen) atoms. The van der Waals surface area contributed by atoms with Crippen LogP contribution in [-0.2, 0) is 11.2 Å². The summed E-state index contributed by atoms with van der Waals surface area (Å²) < 4.78 is 3.45. The zero-order chi connectivity index (χ0) is 16.8. The first-order valence-electron chi connectivity index (χ1n) is 7.11. The molecule has 2 aromatic carbocycles. The molecule has 0 saturated heterocycles. The van der Waals surface area contributed by atoms with Gasteiger partial charge in [0.2, 0.25) is 0 Å². The van der Waals surface area contributed by atoms with E-state index in [1.165, 1.54) is 0 Å². The van der Waals surface area contributed by atoms with Gasteiger partial charge in [0.25, 0.3) is 0 Å². The number of aliphatic carboxylic acids is 1. The standard InChI is InChI=1S/C17H19ClN2O2S/c1-2-23(15-9-5-13(18)6-10-15)20-14-7-3-12(4-8-14)11-16(19)17(21)22/h2-10,16,20H,11,19H2,1H3,(H,21,22)/t16-,23?/m1/s1. The van der Waals surface area contributed by atoms with Gasteiger partial charge in [0.15, 0.2) is 0 Å². The van der Waals surface area contributed by atoms with E-state index in [0.29, 0.717) is 11.4 Å². The summed E-state index contributed by atoms with van der Waals surface area (Å²) in [5.41, 5.74) is 7.41. The number of nitrogens with one attached hydrogen (secondary N) is 1. The molecular weight excluding hydrogens is 332 g/mol. The van der Waals surface area contributed by atoms with E-state index in [-0.39, 0.29) is 10.7 Å². The summed E-state index contributed by atoms with van der Waals surface area (Å²) in [4.78, 5) is 11.9. The van der Waals surface area contributed by atoms with E-state index in [9.17, 15) is 4.79 Å². The molecule has 2 atom stereocenters. The molecule has 0 amide bonds. The first kappa shape index (κ1) is 17.5. The highest BCUT2D eigenvalue weighted by atomic mass is 35.5. The van der Waals surface area contributed by atoms with E-state index in [4.69, 9.17) is 22.4 Å². The minimum atomic E-state index is -0.989. The molecule has 6 heteroatoms. The van der Waals surface area contributed by atoms with Crippen molar-refractivity contribution in [1.29, 1.82) is 0 Å². The molecule has 1 unspecified atom stereocenters. The van der Waals surface area contributed by atoms with E-state index in [1.54, 1.807) is 0 Å². The van der Waals surface area contributed by atoms with Crippen LogP contribution in [0.5, 0.6) is 0 Å². The lowest BCUT2D eigenvalue weighted by molar-refractivity contribution is -0.138. The molecular formula is C17H19ClN2O2S. The van der Waals surface area contributed by atoms with E-state index < -0.39 is 12.0 Å². The molecule has 0 aromatic heterocycles. The van der Waals surface area contributed by atoms with Crippen LogP contribution in [0.3, 0.4) is 0 Å². The number of hydrogen-bond donors (Lipinski definition) is 3. The van der Waals surface area contributed by atoms with Gasteiger partial charge in [0.05, 0.1) is 0 Å². The van der Waals surface area contributed by atoms with Gasteiger partial charge in [-0.15, -0.1) is 0 Å². The van der Waals surface area contributed by atoms with Crippen molar-refractivity contribution in [3.63, 3.8) is 0 Å². The third-order valence-electron chi connectivity index (χ3n) is 3.26. The molecule has 122 valence electrons. The van der Waals surface area contributed by atoms with Gasteiger partial charge < -0.3 is 15.6 Å². The topological polar surface area (TPSA) is 75.3 Å². The predicted octanol–water partition coefficient (Wildman–Crippen LogP) is 3.77. The van der Waals surface area contributed by atoms with Crippen molar-refractivity contribution in [2.45, 2.75) is 24.3 Å². The summed E-state index contributed by atoms with van der Waals surface area (Å²) in [6.07, 6.45) is 0.318. The molecule has 2 rings (SSSR count). The van der Waals surface area contributed by atoms with Crippen LogP contribution >= 0.6 is 22.3 Å². The van der Waals surface area contributed by atoms with Gasteiger partial charge in [-0.25, -0.2) is 0 Å². The van der Waals surface area contributed by atoms with Crippen LogP contribution in [0.1, 0.15) is 12.5 Å². The fourth-order valence-corrected chi connectivity index (χ4v) is 3.47. The summed E-state index contributed by atoms with van der Waals surface area (Å²) in [6, 6.07) is 14.5. The number of nitrogens with two attached hydrogens (primary N) is 1. The van der Waals surface area contributed by atoms with E-state index in [1.807, 2.05) is 55.5 Å². The van der Waals surface area contributed by atoms with Crippen LogP contribution in [0.15, 0.2) is 53.4 Å². The molecule has 0 aliphatic rings. The summed E-state index contributed by atoms with van der Waals surface area (Å²) in [6.45, 7) is 2.00. The maximum atomic E-state index is 10.8. The molecule has 0 aliphatic heterocycles. The van der Waals surface area contributed by atoms with Crippen LogP contribution in [0.4, 0.5) is 5.69 Å². The Kier molecular flexibility index (Phi) is 6.21. The predicted molar refractivity (Wildman–Crippen MR) is 98.4 cm³/mol. The van der Waals surface area contributed by atoms with Gasteiger partial charge in [0.1, 0.15) is 6.04 Å². The van der Waals surface area contributed by atoms with E-state index in [0.717, 1.165) is 16.1 Å². The van der Waals surface area contributed by atoms with Crippen molar-refractivity contribution in [3.05, 3.63) is 59.1 Å². The highest BCUT2D eigenvalue weighted by Crippen LogP contribution is 2.29. The van der Waals surface area contributed by atoms with Crippen molar-refractivity contribution < 1.29 is 9.90 Å². The maximum absolute atomic E-state index is 10.8. The fraction of sp³-hybridized carbons (Fsp3) is 0.176. The third kappa shape index (κ3) is 5.10. The molecule has 0 saturated carbocycles. The van der Waals surface area contributed by atoms with Crippen molar-refractivity contribution in [3.8, 4) is 0 Å². The average molecular weight is 351 g/mol. The lowest BCUT2D eigenvalue weighted by atomic mass is 10.1. The highest BCUT2D eigenvalue weighted by Gasteiger charge is 2.11. The van der Waals surface area contributed by atoms with Crippen molar-refractivity contribution in [2.75, 3.05) is 4.72 Å². The Morgan fingerprint density at radius 1 is 1.26 bits per heavy atom. The Hall–Kier alpha value is -1.82. The fourth-order valence-electron chi connectivity index (χ4n) is 2.01. The third-order valence-corrected chi connectivity index (χ3v) is 5.22. The SMILES string of the molecule is CC=S(Nc1ccc(C[C@@H](N)C(=O)O)cc1)c1ccc(Cl)cc1. The largest absolute Gasteiger partial charge is 0.480 e. The smallest absolute Gasteiger partial charge is 0.320 e. The van der Waals surface area contributed by atoms with Crippen LogP contribution in [0.25, 0.3) is 0 Å². The number of carboxylic acids is 1. The Balaban J connectivity index is 2.07. The molecule has 2 aromatic rings. The van der Waals surface area contributed by atoms with E-state index >= 15 is 0 Å². The van der Waals surface area contributed by atoms with Crippen LogP contribution in [0, 0.1) is 0 Å². The molecule has 0 fully saturated rings. The summed E-state index contributed by atoms with van der Waals surface area (Å²) in [5, 5.41) is 11.7. The van der Waals surface area contributed by atoms with Crippen LogP contribution in [0.2, 0.25) is 5.02 Å². The van der Waals surface area contributed by atoms with Gasteiger partial charge in [0, 0.05) is 15.6 Å². The number of rotatable bonds is 6. The zero-order valence-electron chi connectivity index (χ0n) is 12.7. The van der Waals surface area contributed by atoms with Crippen molar-refractivity contribution in [2.24, 2.45) is 5.73 Å². The normalized spacial score (nSPS) is 13.5. The molecule has 4 N–H and O–H groups in total. The minimum Gasteiger partial charge on any atom is -0.480 e. The first-order chi connectivity index (χ1) is 11.0. The number of anilines is 1. The monoisotopic (exact) mass is 350 g/mol. The quantitative estimate of drug-likeness (QED) is 0.693. The van der Waals surface area contributed by atoms with Gasteiger partial charge in [-0.1, -0.05) is 34.4 Å². The zero-order valence-corrected chi connectivity index (χ0v) is 14.3. The Morgan fingerprint density at radius 3 is 2.39 bits per heavy atom. The van der Waals surface area contributed by atoms with E-state index in [2.05, 4.69) is 10.1 Å². The average Bonchev–Trinajstić information content (AvgIpc) is 2.55. The number of benzene rings is 2. The van der Waals surface area contributed by atoms with Crippen LogP contribution in [-0.4, -0.2) is 22.5 Å². The molecule has 0 bridgehead atoms. The summed E-state index contributed by atoms with van der Waals surface area (Å²) >= 11 is 5.92. The lowest BCUT2D eigenvalue weighted by Crippen LogP contribution is -2.32. The number of hydrogen-bond acceptors (Lipinski definition) is 3. The Bertz CT molecular complexity index is 700. The number of halogens is 1. The lowest BCUT2D eigenvalue weighted by Gasteiger charge is -2.13. The molecule has 0 spiro atoms. The van der Waals surface area contributed by atoms with Gasteiger partial charge in [-0.3, -0.25) is 4.79 Å². The Labute approximate surface area is 143 Å². The van der Waals surface area contributed by atoms with Gasteiger partial charge in [-0.05, 0) is 60.7 Å². The van der Waals surface area contributed by atoms with Crippen molar-refractivity contribution in [1.82, 2.24) is 0 Å². The number of carbonyl (C=O) groups is 1. The van der Waals surface area contributed by atoms with Crippen LogP contribution < -0.4 is 10.5 Å². The van der Waals surface area contributed by atoms with Crippen molar-refractivity contribution >= 4 is 39.3 Å². The molecule has 0 aliphatic carbocycles. The maximum Gasteiger partial charge on any atom is 0.320 e. The second-order valence-corrected chi connectivity index (χ2v) is 7.23. The Morgan fingerprint density at radius 2 is 1.87 bits per heavy atom. The first-order valence-corrected chi connectivity index (χ1v) is 8.78. The second kappa shape index (κ2) is 8.15.